The van der Waals surface area contributed by atoms with Crippen molar-refractivity contribution in [3.8, 4) is 0 Å². The molecule has 1 saturated carbocycles. The van der Waals surface area contributed by atoms with Gasteiger partial charge in [0.1, 0.15) is 0 Å². The third kappa shape index (κ3) is 3.69. The number of aromatic nitrogens is 1. The fourth-order valence-corrected chi connectivity index (χ4v) is 3.09. The van der Waals surface area contributed by atoms with E-state index in [1.165, 1.54) is 24.8 Å². The minimum Gasteiger partial charge on any atom is -0.314 e. The Morgan fingerprint density at radius 3 is 2.89 bits per heavy atom. The molecular weight excluding hydrogens is 244 g/mol. The van der Waals surface area contributed by atoms with Crippen molar-refractivity contribution in [2.45, 2.75) is 45.6 Å². The van der Waals surface area contributed by atoms with Crippen molar-refractivity contribution in [3.05, 3.63) is 29.0 Å². The number of nitrogens with zero attached hydrogens (tertiary/aromatic N) is 1. The van der Waals surface area contributed by atoms with Crippen LogP contribution in [0.1, 0.15) is 38.7 Å². The predicted molar refractivity (Wildman–Crippen MR) is 76.9 cm³/mol. The molecule has 100 valence electrons. The molecule has 2 unspecified atom stereocenters. The van der Waals surface area contributed by atoms with Gasteiger partial charge in [0.15, 0.2) is 0 Å². The summed E-state index contributed by atoms with van der Waals surface area (Å²) >= 11 is 6.20. The number of hydrogen-bond donors (Lipinski definition) is 1. The molecule has 1 aliphatic rings. The van der Waals surface area contributed by atoms with Crippen LogP contribution in [-0.2, 0) is 6.42 Å². The minimum atomic E-state index is 0.579. The van der Waals surface area contributed by atoms with Crippen LogP contribution in [0.4, 0.5) is 0 Å². The molecule has 0 radical (unpaired) electrons. The molecule has 18 heavy (non-hydrogen) atoms. The molecule has 2 nitrogen and oxygen atoms in total. The van der Waals surface area contributed by atoms with Gasteiger partial charge in [0.2, 0.25) is 0 Å². The van der Waals surface area contributed by atoms with Gasteiger partial charge in [-0.05, 0) is 49.3 Å². The fraction of sp³-hybridized carbons (Fsp3) is 0.667. The molecule has 0 aliphatic heterocycles. The lowest BCUT2D eigenvalue weighted by atomic mass is 9.89. The molecule has 1 N–H and O–H groups in total. The van der Waals surface area contributed by atoms with Gasteiger partial charge in [-0.1, -0.05) is 31.9 Å². The fourth-order valence-electron chi connectivity index (χ4n) is 2.89. The average molecular weight is 267 g/mol. The van der Waals surface area contributed by atoms with Crippen molar-refractivity contribution in [1.29, 1.82) is 0 Å². The monoisotopic (exact) mass is 266 g/mol. The van der Waals surface area contributed by atoms with E-state index < -0.39 is 0 Å². The molecule has 3 heteroatoms. The topological polar surface area (TPSA) is 24.9 Å². The maximum atomic E-state index is 6.20. The van der Waals surface area contributed by atoms with Gasteiger partial charge in [-0.15, -0.1) is 0 Å². The quantitative estimate of drug-likeness (QED) is 0.879. The Morgan fingerprint density at radius 1 is 1.39 bits per heavy atom. The highest BCUT2D eigenvalue weighted by Gasteiger charge is 2.27. The van der Waals surface area contributed by atoms with Crippen LogP contribution in [-0.4, -0.2) is 17.6 Å². The maximum Gasteiger partial charge on any atom is 0.0621 e. The van der Waals surface area contributed by atoms with E-state index in [4.69, 9.17) is 11.6 Å². The molecule has 1 fully saturated rings. The summed E-state index contributed by atoms with van der Waals surface area (Å²) in [4.78, 5) is 4.05. The van der Waals surface area contributed by atoms with Crippen molar-refractivity contribution in [3.63, 3.8) is 0 Å². The van der Waals surface area contributed by atoms with Crippen LogP contribution in [0, 0.1) is 11.8 Å². The number of hydrogen-bond acceptors (Lipinski definition) is 2. The SMILES string of the molecule is CC(C)NCC1CCCC1Cc1ccncc1Cl. The second-order valence-corrected chi connectivity index (χ2v) is 6.09. The summed E-state index contributed by atoms with van der Waals surface area (Å²) in [6.45, 7) is 5.57. The second-order valence-electron chi connectivity index (χ2n) is 5.69. The summed E-state index contributed by atoms with van der Waals surface area (Å²) in [5, 5.41) is 4.39. The van der Waals surface area contributed by atoms with Gasteiger partial charge in [-0.2, -0.15) is 0 Å². The van der Waals surface area contributed by atoms with Crippen molar-refractivity contribution in [2.75, 3.05) is 6.54 Å². The largest absolute Gasteiger partial charge is 0.314 e. The maximum absolute atomic E-state index is 6.20. The van der Waals surface area contributed by atoms with Crippen LogP contribution in [0.15, 0.2) is 18.5 Å². The lowest BCUT2D eigenvalue weighted by Gasteiger charge is -2.21. The Hall–Kier alpha value is -0.600. The van der Waals surface area contributed by atoms with E-state index >= 15 is 0 Å². The van der Waals surface area contributed by atoms with Crippen LogP contribution < -0.4 is 5.32 Å². The lowest BCUT2D eigenvalue weighted by Crippen LogP contribution is -2.31. The second kappa shape index (κ2) is 6.53. The first kappa shape index (κ1) is 13.8. The van der Waals surface area contributed by atoms with E-state index in [-0.39, 0.29) is 0 Å². The average Bonchev–Trinajstić information content (AvgIpc) is 2.77. The highest BCUT2D eigenvalue weighted by atomic mass is 35.5. The zero-order valence-corrected chi connectivity index (χ0v) is 12.1. The zero-order chi connectivity index (χ0) is 13.0. The van der Waals surface area contributed by atoms with Gasteiger partial charge in [-0.25, -0.2) is 0 Å². The molecule has 0 aromatic carbocycles. The molecule has 0 saturated heterocycles. The smallest absolute Gasteiger partial charge is 0.0621 e. The normalized spacial score (nSPS) is 23.8. The summed E-state index contributed by atoms with van der Waals surface area (Å²) in [6, 6.07) is 2.64. The Morgan fingerprint density at radius 2 is 2.17 bits per heavy atom. The molecule has 2 atom stereocenters. The van der Waals surface area contributed by atoms with Crippen molar-refractivity contribution < 1.29 is 0 Å². The number of halogens is 1. The summed E-state index contributed by atoms with van der Waals surface area (Å²) < 4.78 is 0. The third-order valence-electron chi connectivity index (χ3n) is 3.94. The summed E-state index contributed by atoms with van der Waals surface area (Å²) in [5.41, 5.74) is 1.26. The third-order valence-corrected chi connectivity index (χ3v) is 4.28. The Balaban J connectivity index is 1.93. The van der Waals surface area contributed by atoms with Crippen molar-refractivity contribution in [2.24, 2.45) is 11.8 Å². The van der Waals surface area contributed by atoms with E-state index in [9.17, 15) is 0 Å². The van der Waals surface area contributed by atoms with Crippen molar-refractivity contribution >= 4 is 11.6 Å². The van der Waals surface area contributed by atoms with Gasteiger partial charge in [-0.3, -0.25) is 4.98 Å². The number of nitrogens with one attached hydrogen (secondary N) is 1. The van der Waals surface area contributed by atoms with Crippen LogP contribution in [0.3, 0.4) is 0 Å². The Kier molecular flexibility index (Phi) is 5.02. The van der Waals surface area contributed by atoms with Gasteiger partial charge in [0.05, 0.1) is 5.02 Å². The van der Waals surface area contributed by atoms with E-state index in [1.807, 2.05) is 6.20 Å². The first-order valence-corrected chi connectivity index (χ1v) is 7.36. The van der Waals surface area contributed by atoms with Crippen LogP contribution in [0.25, 0.3) is 0 Å². The minimum absolute atomic E-state index is 0.579. The highest BCUT2D eigenvalue weighted by molar-refractivity contribution is 6.31. The number of rotatable bonds is 5. The van der Waals surface area contributed by atoms with Crippen LogP contribution >= 0.6 is 11.6 Å². The molecule has 1 aliphatic carbocycles. The molecule has 2 rings (SSSR count). The zero-order valence-electron chi connectivity index (χ0n) is 11.3. The predicted octanol–water partition coefficient (Wildman–Crippen LogP) is 3.69. The van der Waals surface area contributed by atoms with E-state index in [2.05, 4.69) is 30.2 Å². The molecule has 1 aromatic rings. The van der Waals surface area contributed by atoms with E-state index in [0.29, 0.717) is 6.04 Å². The molecule has 0 spiro atoms. The van der Waals surface area contributed by atoms with Crippen LogP contribution in [0.2, 0.25) is 5.02 Å². The first-order chi connectivity index (χ1) is 8.66. The van der Waals surface area contributed by atoms with Gasteiger partial charge in [0.25, 0.3) is 0 Å². The molecule has 1 aromatic heterocycles. The van der Waals surface area contributed by atoms with E-state index in [0.717, 1.165) is 29.8 Å². The van der Waals surface area contributed by atoms with Gasteiger partial charge in [0, 0.05) is 18.4 Å². The Bertz CT molecular complexity index is 379. The first-order valence-electron chi connectivity index (χ1n) is 6.98. The van der Waals surface area contributed by atoms with Gasteiger partial charge < -0.3 is 5.32 Å². The van der Waals surface area contributed by atoms with Gasteiger partial charge >= 0.3 is 0 Å². The summed E-state index contributed by atoms with van der Waals surface area (Å²) in [6.07, 6.45) is 8.75. The molecule has 1 heterocycles. The molecular formula is C15H23ClN2. The molecule has 0 amide bonds. The van der Waals surface area contributed by atoms with E-state index in [1.54, 1.807) is 6.20 Å². The lowest BCUT2D eigenvalue weighted by molar-refractivity contribution is 0.354. The van der Waals surface area contributed by atoms with Crippen LogP contribution in [0.5, 0.6) is 0 Å². The number of pyridine rings is 1. The Labute approximate surface area is 115 Å². The van der Waals surface area contributed by atoms with Crippen molar-refractivity contribution in [1.82, 2.24) is 10.3 Å². The summed E-state index contributed by atoms with van der Waals surface area (Å²) in [7, 11) is 0. The highest BCUT2D eigenvalue weighted by Crippen LogP contribution is 2.35. The summed E-state index contributed by atoms with van der Waals surface area (Å²) in [5.74, 6) is 1.58. The molecule has 0 bridgehead atoms. The standard InChI is InChI=1S/C15H23ClN2/c1-11(2)18-9-14-5-3-4-12(14)8-13-6-7-17-10-15(13)16/h6-7,10-12,14,18H,3-5,8-9H2,1-2H3.